The second kappa shape index (κ2) is 7.58. The highest BCUT2D eigenvalue weighted by atomic mass is 35.5. The SMILES string of the molecule is CCc1cccc(C)c1NCCNc1ccc(Cl)cc1Cl. The largest absolute Gasteiger partial charge is 0.383 e. The Balaban J connectivity index is 1.90. The molecular weight excluding hydrogens is 303 g/mol. The van der Waals surface area contributed by atoms with Gasteiger partial charge in [-0.25, -0.2) is 0 Å². The van der Waals surface area contributed by atoms with Gasteiger partial charge in [0.15, 0.2) is 0 Å². The highest BCUT2D eigenvalue weighted by Gasteiger charge is 2.04. The van der Waals surface area contributed by atoms with Gasteiger partial charge in [0.25, 0.3) is 0 Å². The van der Waals surface area contributed by atoms with E-state index in [0.717, 1.165) is 25.2 Å². The topological polar surface area (TPSA) is 24.1 Å². The van der Waals surface area contributed by atoms with Gasteiger partial charge >= 0.3 is 0 Å². The molecule has 2 aromatic carbocycles. The minimum absolute atomic E-state index is 0.646. The molecule has 2 aromatic rings. The molecule has 0 radical (unpaired) electrons. The minimum atomic E-state index is 0.646. The number of para-hydroxylation sites is 1. The summed E-state index contributed by atoms with van der Waals surface area (Å²) in [5.41, 5.74) is 4.77. The molecule has 0 aliphatic rings. The van der Waals surface area contributed by atoms with E-state index in [1.807, 2.05) is 12.1 Å². The number of benzene rings is 2. The maximum atomic E-state index is 6.13. The lowest BCUT2D eigenvalue weighted by Crippen LogP contribution is -2.15. The number of halogens is 2. The van der Waals surface area contributed by atoms with E-state index in [9.17, 15) is 0 Å². The first-order chi connectivity index (χ1) is 10.1. The summed E-state index contributed by atoms with van der Waals surface area (Å²) in [5.74, 6) is 0. The predicted molar refractivity (Wildman–Crippen MR) is 94.0 cm³/mol. The quantitative estimate of drug-likeness (QED) is 0.697. The zero-order valence-electron chi connectivity index (χ0n) is 12.3. The molecule has 0 saturated heterocycles. The highest BCUT2D eigenvalue weighted by molar-refractivity contribution is 6.36. The third kappa shape index (κ3) is 4.29. The smallest absolute Gasteiger partial charge is 0.0652 e. The Hall–Kier alpha value is -1.38. The van der Waals surface area contributed by atoms with E-state index in [1.165, 1.54) is 16.8 Å². The van der Waals surface area contributed by atoms with Crippen LogP contribution in [0.25, 0.3) is 0 Å². The van der Waals surface area contributed by atoms with Crippen molar-refractivity contribution >= 4 is 34.6 Å². The average molecular weight is 323 g/mol. The summed E-state index contributed by atoms with van der Waals surface area (Å²) in [5, 5.41) is 8.11. The van der Waals surface area contributed by atoms with Crippen molar-refractivity contribution in [1.29, 1.82) is 0 Å². The summed E-state index contributed by atoms with van der Waals surface area (Å²) in [6, 6.07) is 11.9. The highest BCUT2D eigenvalue weighted by Crippen LogP contribution is 2.25. The predicted octanol–water partition coefficient (Wildman–Crippen LogP) is 5.39. The van der Waals surface area contributed by atoms with Gasteiger partial charge < -0.3 is 10.6 Å². The number of anilines is 2. The van der Waals surface area contributed by atoms with Crippen molar-refractivity contribution in [2.45, 2.75) is 20.3 Å². The Morgan fingerprint density at radius 1 is 1.00 bits per heavy atom. The van der Waals surface area contributed by atoms with Gasteiger partial charge in [0.05, 0.1) is 10.7 Å². The van der Waals surface area contributed by atoms with Crippen LogP contribution < -0.4 is 10.6 Å². The van der Waals surface area contributed by atoms with E-state index >= 15 is 0 Å². The van der Waals surface area contributed by atoms with E-state index < -0.39 is 0 Å². The maximum Gasteiger partial charge on any atom is 0.0652 e. The summed E-state index contributed by atoms with van der Waals surface area (Å²) in [7, 11) is 0. The average Bonchev–Trinajstić information content (AvgIpc) is 2.46. The van der Waals surface area contributed by atoms with Gasteiger partial charge in [-0.2, -0.15) is 0 Å². The maximum absolute atomic E-state index is 6.13. The number of nitrogens with one attached hydrogen (secondary N) is 2. The first-order valence-corrected chi connectivity index (χ1v) is 7.88. The second-order valence-corrected chi connectivity index (χ2v) is 5.78. The molecule has 0 atom stereocenters. The monoisotopic (exact) mass is 322 g/mol. The van der Waals surface area contributed by atoms with Crippen molar-refractivity contribution in [3.8, 4) is 0 Å². The van der Waals surface area contributed by atoms with Crippen LogP contribution in [0.5, 0.6) is 0 Å². The summed E-state index contributed by atoms with van der Waals surface area (Å²) in [6.45, 7) is 5.92. The third-order valence-electron chi connectivity index (χ3n) is 3.41. The lowest BCUT2D eigenvalue weighted by Gasteiger charge is -2.15. The molecule has 0 aliphatic heterocycles. The minimum Gasteiger partial charge on any atom is -0.383 e. The van der Waals surface area contributed by atoms with E-state index in [4.69, 9.17) is 23.2 Å². The van der Waals surface area contributed by atoms with Gasteiger partial charge in [0.2, 0.25) is 0 Å². The molecule has 0 bridgehead atoms. The molecule has 2 rings (SSSR count). The molecule has 0 heterocycles. The first kappa shape index (κ1) is 16.0. The van der Waals surface area contributed by atoms with Gasteiger partial charge in [0, 0.05) is 23.8 Å². The molecule has 0 fully saturated rings. The molecule has 2 N–H and O–H groups in total. The molecule has 21 heavy (non-hydrogen) atoms. The molecule has 0 spiro atoms. The lowest BCUT2D eigenvalue weighted by molar-refractivity contribution is 1.05. The van der Waals surface area contributed by atoms with Gasteiger partial charge in [-0.1, -0.05) is 48.3 Å². The second-order valence-electron chi connectivity index (χ2n) is 4.94. The Morgan fingerprint density at radius 2 is 1.76 bits per heavy atom. The zero-order valence-corrected chi connectivity index (χ0v) is 13.9. The van der Waals surface area contributed by atoms with Crippen molar-refractivity contribution < 1.29 is 0 Å². The standard InChI is InChI=1S/C17H20Cl2N2/c1-3-13-6-4-5-12(2)17(13)21-10-9-20-16-8-7-14(18)11-15(16)19/h4-8,11,20-21H,3,9-10H2,1-2H3. The van der Waals surface area contributed by atoms with Crippen LogP contribution in [0.4, 0.5) is 11.4 Å². The van der Waals surface area contributed by atoms with Crippen molar-refractivity contribution in [2.75, 3.05) is 23.7 Å². The van der Waals surface area contributed by atoms with Crippen LogP contribution in [0.3, 0.4) is 0 Å². The van der Waals surface area contributed by atoms with E-state index in [0.29, 0.717) is 10.0 Å². The van der Waals surface area contributed by atoms with Gasteiger partial charge in [0.1, 0.15) is 0 Å². The van der Waals surface area contributed by atoms with Crippen molar-refractivity contribution in [3.05, 3.63) is 57.6 Å². The fourth-order valence-corrected chi connectivity index (χ4v) is 2.77. The molecule has 112 valence electrons. The van der Waals surface area contributed by atoms with Crippen LogP contribution in [0.1, 0.15) is 18.1 Å². The van der Waals surface area contributed by atoms with Crippen LogP contribution in [0, 0.1) is 6.92 Å². The summed E-state index contributed by atoms with van der Waals surface area (Å²) in [4.78, 5) is 0. The molecule has 2 nitrogen and oxygen atoms in total. The number of rotatable bonds is 6. The van der Waals surface area contributed by atoms with E-state index in [-0.39, 0.29) is 0 Å². The molecule has 0 aliphatic carbocycles. The first-order valence-electron chi connectivity index (χ1n) is 7.13. The fourth-order valence-electron chi connectivity index (χ4n) is 2.29. The fraction of sp³-hybridized carbons (Fsp3) is 0.294. The number of hydrogen-bond acceptors (Lipinski definition) is 2. The normalized spacial score (nSPS) is 10.5. The van der Waals surface area contributed by atoms with Crippen LogP contribution in [0.2, 0.25) is 10.0 Å². The molecular formula is C17H20Cl2N2. The van der Waals surface area contributed by atoms with Gasteiger partial charge in [-0.05, 0) is 42.7 Å². The van der Waals surface area contributed by atoms with E-state index in [1.54, 1.807) is 6.07 Å². The number of hydrogen-bond donors (Lipinski definition) is 2. The van der Waals surface area contributed by atoms with Crippen LogP contribution >= 0.6 is 23.2 Å². The summed E-state index contributed by atoms with van der Waals surface area (Å²) < 4.78 is 0. The summed E-state index contributed by atoms with van der Waals surface area (Å²) in [6.07, 6.45) is 1.03. The Morgan fingerprint density at radius 3 is 2.48 bits per heavy atom. The third-order valence-corrected chi connectivity index (χ3v) is 3.96. The number of aryl methyl sites for hydroxylation is 2. The van der Waals surface area contributed by atoms with Gasteiger partial charge in [-0.3, -0.25) is 0 Å². The molecule has 0 aromatic heterocycles. The molecule has 0 unspecified atom stereocenters. The Kier molecular flexibility index (Phi) is 5.77. The van der Waals surface area contributed by atoms with Crippen LogP contribution in [-0.2, 0) is 6.42 Å². The Labute approximate surface area is 136 Å². The van der Waals surface area contributed by atoms with Crippen molar-refractivity contribution in [1.82, 2.24) is 0 Å². The van der Waals surface area contributed by atoms with Crippen molar-refractivity contribution in [2.24, 2.45) is 0 Å². The summed E-state index contributed by atoms with van der Waals surface area (Å²) >= 11 is 12.0. The van der Waals surface area contributed by atoms with Crippen molar-refractivity contribution in [3.63, 3.8) is 0 Å². The van der Waals surface area contributed by atoms with Crippen LogP contribution in [0.15, 0.2) is 36.4 Å². The lowest BCUT2D eigenvalue weighted by atomic mass is 10.1. The molecule has 0 amide bonds. The Bertz CT molecular complexity index is 612. The zero-order chi connectivity index (χ0) is 15.2. The van der Waals surface area contributed by atoms with E-state index in [2.05, 4.69) is 42.7 Å². The molecule has 0 saturated carbocycles. The molecule has 4 heteroatoms. The van der Waals surface area contributed by atoms with Gasteiger partial charge in [-0.15, -0.1) is 0 Å². The van der Waals surface area contributed by atoms with Crippen LogP contribution in [-0.4, -0.2) is 13.1 Å².